The topological polar surface area (TPSA) is 109 Å². The maximum absolute atomic E-state index is 9.66. The van der Waals surface area contributed by atoms with E-state index in [2.05, 4.69) is 50.0 Å². The third-order valence-corrected chi connectivity index (χ3v) is 6.62. The second kappa shape index (κ2) is 9.75. The van der Waals surface area contributed by atoms with Crippen molar-refractivity contribution in [2.75, 3.05) is 5.32 Å². The highest BCUT2D eigenvalue weighted by atomic mass is 79.9. The number of phenolic OH excluding ortho intramolecular Hbond substituents is 1. The number of fused-ring (bicyclic) bond motifs is 2. The number of nitrogens with zero attached hydrogens (tertiary/aromatic N) is 4. The van der Waals surface area contributed by atoms with Crippen LogP contribution < -0.4 is 10.1 Å². The molecule has 0 amide bonds. The molecular weight excluding hydrogens is 544 g/mol. The molecular formula is C29H23BrN6O2. The van der Waals surface area contributed by atoms with Crippen molar-refractivity contribution >= 4 is 49.5 Å². The number of imidazole rings is 1. The predicted octanol–water partition coefficient (Wildman–Crippen LogP) is 7.70. The molecule has 0 atom stereocenters. The molecule has 8 nitrogen and oxygen atoms in total. The summed E-state index contributed by atoms with van der Waals surface area (Å²) in [4.78, 5) is 21.8. The average Bonchev–Trinajstić information content (AvgIpc) is 3.34. The SMILES string of the molecule is CC(C)c1ccc2c(Nc3cc(-c4nc5ccc(Br)cc5[nH]4)ccc3Oc3ccc(O)cc3)ncnc2n1. The molecule has 0 saturated carbocycles. The zero-order valence-electron chi connectivity index (χ0n) is 20.6. The van der Waals surface area contributed by atoms with Gasteiger partial charge in [0.25, 0.3) is 0 Å². The number of H-pyrrole nitrogens is 1. The number of aromatic nitrogens is 5. The number of halogens is 1. The summed E-state index contributed by atoms with van der Waals surface area (Å²) in [6.07, 6.45) is 1.50. The van der Waals surface area contributed by atoms with Crippen LogP contribution in [-0.2, 0) is 0 Å². The molecule has 3 heterocycles. The van der Waals surface area contributed by atoms with Crippen LogP contribution in [0.4, 0.5) is 11.5 Å². The zero-order valence-corrected chi connectivity index (χ0v) is 22.2. The number of hydrogen-bond acceptors (Lipinski definition) is 7. The van der Waals surface area contributed by atoms with Crippen molar-refractivity contribution in [2.45, 2.75) is 19.8 Å². The predicted molar refractivity (Wildman–Crippen MR) is 152 cm³/mol. The minimum Gasteiger partial charge on any atom is -0.508 e. The smallest absolute Gasteiger partial charge is 0.164 e. The van der Waals surface area contributed by atoms with Crippen molar-refractivity contribution in [3.8, 4) is 28.6 Å². The first-order valence-corrected chi connectivity index (χ1v) is 12.9. The van der Waals surface area contributed by atoms with Crippen LogP contribution in [0, 0.1) is 0 Å². The molecule has 9 heteroatoms. The molecule has 0 radical (unpaired) electrons. The fraction of sp³-hybridized carbons (Fsp3) is 0.103. The molecule has 188 valence electrons. The average molecular weight is 567 g/mol. The van der Waals surface area contributed by atoms with Gasteiger partial charge in [0.2, 0.25) is 0 Å². The number of pyridine rings is 1. The fourth-order valence-corrected chi connectivity index (χ4v) is 4.49. The summed E-state index contributed by atoms with van der Waals surface area (Å²) in [6.45, 7) is 4.20. The summed E-state index contributed by atoms with van der Waals surface area (Å²) < 4.78 is 7.17. The Morgan fingerprint density at radius 3 is 2.58 bits per heavy atom. The third kappa shape index (κ3) is 4.76. The van der Waals surface area contributed by atoms with Gasteiger partial charge >= 0.3 is 0 Å². The Balaban J connectivity index is 1.44. The van der Waals surface area contributed by atoms with Crippen LogP contribution in [0.15, 0.2) is 83.6 Å². The molecule has 3 aromatic heterocycles. The van der Waals surface area contributed by atoms with E-state index in [1.54, 1.807) is 24.3 Å². The van der Waals surface area contributed by atoms with E-state index in [1.807, 2.05) is 48.5 Å². The number of hydrogen-bond donors (Lipinski definition) is 3. The van der Waals surface area contributed by atoms with Gasteiger partial charge in [0, 0.05) is 15.7 Å². The Hall–Kier alpha value is -4.50. The first kappa shape index (κ1) is 23.9. The normalized spacial score (nSPS) is 11.4. The second-order valence-corrected chi connectivity index (χ2v) is 10.1. The maximum Gasteiger partial charge on any atom is 0.164 e. The van der Waals surface area contributed by atoms with Gasteiger partial charge in [-0.15, -0.1) is 0 Å². The monoisotopic (exact) mass is 566 g/mol. The molecule has 0 aliphatic heterocycles. The van der Waals surface area contributed by atoms with Crippen LogP contribution in [-0.4, -0.2) is 30.0 Å². The van der Waals surface area contributed by atoms with Crippen LogP contribution in [0.1, 0.15) is 25.5 Å². The summed E-state index contributed by atoms with van der Waals surface area (Å²) >= 11 is 3.52. The van der Waals surface area contributed by atoms with E-state index >= 15 is 0 Å². The Morgan fingerprint density at radius 1 is 0.921 bits per heavy atom. The lowest BCUT2D eigenvalue weighted by Crippen LogP contribution is -2.01. The quantitative estimate of drug-likeness (QED) is 0.189. The minimum atomic E-state index is 0.170. The Morgan fingerprint density at radius 2 is 1.76 bits per heavy atom. The standard InChI is InChI=1S/C29H23BrN6O2/c1-16(2)22-11-9-21-28(33-22)31-15-32-29(21)36-25-13-17(27-34-23-10-4-18(30)14-24(23)35-27)3-12-26(25)38-20-7-5-19(37)6-8-20/h3-16,37H,1-2H3,(H,34,35)(H,31,32,33,36). The summed E-state index contributed by atoms with van der Waals surface area (Å²) in [7, 11) is 0. The largest absolute Gasteiger partial charge is 0.508 e. The van der Waals surface area contributed by atoms with Crippen molar-refractivity contribution in [3.63, 3.8) is 0 Å². The molecule has 6 rings (SSSR count). The fourth-order valence-electron chi connectivity index (χ4n) is 4.13. The van der Waals surface area contributed by atoms with Crippen molar-refractivity contribution in [1.29, 1.82) is 0 Å². The first-order valence-electron chi connectivity index (χ1n) is 12.1. The molecule has 0 aliphatic rings. The summed E-state index contributed by atoms with van der Waals surface area (Å²) in [5.41, 5.74) is 4.95. The van der Waals surface area contributed by atoms with E-state index in [0.29, 0.717) is 28.7 Å². The van der Waals surface area contributed by atoms with Crippen LogP contribution in [0.25, 0.3) is 33.5 Å². The summed E-state index contributed by atoms with van der Waals surface area (Å²) in [5, 5.41) is 13.9. The van der Waals surface area contributed by atoms with E-state index in [-0.39, 0.29) is 11.7 Å². The van der Waals surface area contributed by atoms with Gasteiger partial charge in [-0.05, 0) is 78.7 Å². The summed E-state index contributed by atoms with van der Waals surface area (Å²) in [6, 6.07) is 22.3. The van der Waals surface area contributed by atoms with E-state index in [4.69, 9.17) is 14.7 Å². The highest BCUT2D eigenvalue weighted by Gasteiger charge is 2.15. The molecule has 3 aromatic carbocycles. The van der Waals surface area contributed by atoms with E-state index in [9.17, 15) is 5.11 Å². The van der Waals surface area contributed by atoms with Gasteiger partial charge in [0.1, 0.15) is 29.5 Å². The molecule has 38 heavy (non-hydrogen) atoms. The van der Waals surface area contributed by atoms with Gasteiger partial charge in [-0.25, -0.2) is 19.9 Å². The van der Waals surface area contributed by atoms with Gasteiger partial charge in [-0.3, -0.25) is 0 Å². The second-order valence-electron chi connectivity index (χ2n) is 9.16. The van der Waals surface area contributed by atoms with Crippen LogP contribution in [0.5, 0.6) is 17.2 Å². The maximum atomic E-state index is 9.66. The van der Waals surface area contributed by atoms with Crippen LogP contribution in [0.2, 0.25) is 0 Å². The number of aromatic hydroxyl groups is 1. The molecule has 0 bridgehead atoms. The van der Waals surface area contributed by atoms with Crippen LogP contribution in [0.3, 0.4) is 0 Å². The number of anilines is 2. The number of nitrogens with one attached hydrogen (secondary N) is 2. The van der Waals surface area contributed by atoms with Gasteiger partial charge in [0.15, 0.2) is 11.4 Å². The van der Waals surface area contributed by atoms with Crippen molar-refractivity contribution in [3.05, 3.63) is 89.3 Å². The summed E-state index contributed by atoms with van der Waals surface area (Å²) in [5.74, 6) is 2.97. The highest BCUT2D eigenvalue weighted by Crippen LogP contribution is 2.37. The lowest BCUT2D eigenvalue weighted by molar-refractivity contribution is 0.465. The number of benzene rings is 3. The molecule has 6 aromatic rings. The number of aromatic amines is 1. The van der Waals surface area contributed by atoms with Crippen molar-refractivity contribution in [1.82, 2.24) is 24.9 Å². The molecule has 0 fully saturated rings. The molecule has 0 aliphatic carbocycles. The van der Waals surface area contributed by atoms with E-state index < -0.39 is 0 Å². The number of ether oxygens (including phenoxy) is 1. The van der Waals surface area contributed by atoms with Crippen molar-refractivity contribution in [2.24, 2.45) is 0 Å². The minimum absolute atomic E-state index is 0.170. The van der Waals surface area contributed by atoms with Gasteiger partial charge < -0.3 is 20.1 Å². The Bertz CT molecular complexity index is 1780. The first-order chi connectivity index (χ1) is 18.4. The van der Waals surface area contributed by atoms with Gasteiger partial charge in [0.05, 0.1) is 22.1 Å². The Kier molecular flexibility index (Phi) is 6.13. The lowest BCUT2D eigenvalue weighted by Gasteiger charge is -2.15. The van der Waals surface area contributed by atoms with Gasteiger partial charge in [-0.1, -0.05) is 29.8 Å². The number of rotatable bonds is 6. The molecule has 0 unspecified atom stereocenters. The zero-order chi connectivity index (χ0) is 26.2. The van der Waals surface area contributed by atoms with Gasteiger partial charge in [-0.2, -0.15) is 0 Å². The van der Waals surface area contributed by atoms with E-state index in [0.717, 1.165) is 38.0 Å². The van der Waals surface area contributed by atoms with Crippen LogP contribution >= 0.6 is 15.9 Å². The molecule has 0 saturated heterocycles. The Labute approximate surface area is 226 Å². The van der Waals surface area contributed by atoms with Crippen molar-refractivity contribution < 1.29 is 9.84 Å². The third-order valence-electron chi connectivity index (χ3n) is 6.12. The number of phenols is 1. The highest BCUT2D eigenvalue weighted by molar-refractivity contribution is 9.10. The van der Waals surface area contributed by atoms with E-state index in [1.165, 1.54) is 6.33 Å². The molecule has 0 spiro atoms. The lowest BCUT2D eigenvalue weighted by atomic mass is 10.1. The molecule has 3 N–H and O–H groups in total.